The number of hydrogen-bond donors (Lipinski definition) is 2. The molecule has 0 unspecified atom stereocenters. The van der Waals surface area contributed by atoms with Crippen molar-refractivity contribution in [3.05, 3.63) is 29.8 Å². The quantitative estimate of drug-likeness (QED) is 0.787. The van der Waals surface area contributed by atoms with Crippen molar-refractivity contribution in [1.29, 1.82) is 5.26 Å². The molecular weight excluding hydrogens is 252 g/mol. The van der Waals surface area contributed by atoms with E-state index in [1.165, 1.54) is 18.7 Å². The summed E-state index contributed by atoms with van der Waals surface area (Å²) < 4.78 is 0. The van der Waals surface area contributed by atoms with Gasteiger partial charge in [-0.05, 0) is 19.1 Å². The minimum absolute atomic E-state index is 0.235. The number of nitriles is 1. The van der Waals surface area contributed by atoms with Crippen LogP contribution >= 0.6 is 11.8 Å². The fourth-order valence-electron chi connectivity index (χ4n) is 1.23. The van der Waals surface area contributed by atoms with Crippen LogP contribution in [0.3, 0.4) is 0 Å². The Bertz CT molecular complexity index is 496. The number of rotatable bonds is 5. The van der Waals surface area contributed by atoms with Crippen molar-refractivity contribution in [3.8, 4) is 6.07 Å². The summed E-state index contributed by atoms with van der Waals surface area (Å²) in [6, 6.07) is 7.80. The molecule has 0 aliphatic carbocycles. The Morgan fingerprint density at radius 3 is 2.78 bits per heavy atom. The molecule has 5 nitrogen and oxygen atoms in total. The van der Waals surface area contributed by atoms with Crippen LogP contribution in [0.5, 0.6) is 0 Å². The SMILES string of the molecule is C[C@@H](NC(=O)c1ccccc1SCC#N)C(=O)O. The first-order valence-corrected chi connectivity index (χ1v) is 6.17. The van der Waals surface area contributed by atoms with Crippen LogP contribution in [0.1, 0.15) is 17.3 Å². The van der Waals surface area contributed by atoms with Gasteiger partial charge in [0.2, 0.25) is 0 Å². The summed E-state index contributed by atoms with van der Waals surface area (Å²) in [6.07, 6.45) is 0. The molecule has 1 amide bonds. The van der Waals surface area contributed by atoms with E-state index in [0.717, 1.165) is 0 Å². The number of aliphatic carboxylic acids is 1. The molecule has 0 radical (unpaired) electrons. The topological polar surface area (TPSA) is 90.2 Å². The van der Waals surface area contributed by atoms with Crippen molar-refractivity contribution < 1.29 is 14.7 Å². The van der Waals surface area contributed by atoms with Gasteiger partial charge in [0, 0.05) is 4.90 Å². The van der Waals surface area contributed by atoms with E-state index < -0.39 is 17.9 Å². The van der Waals surface area contributed by atoms with E-state index in [4.69, 9.17) is 10.4 Å². The van der Waals surface area contributed by atoms with E-state index in [2.05, 4.69) is 5.32 Å². The smallest absolute Gasteiger partial charge is 0.325 e. The fraction of sp³-hybridized carbons (Fsp3) is 0.250. The van der Waals surface area contributed by atoms with Crippen LogP contribution in [0.2, 0.25) is 0 Å². The molecular formula is C12H12N2O3S. The Hall–Kier alpha value is -2.00. The largest absolute Gasteiger partial charge is 0.480 e. The third-order valence-corrected chi connectivity index (χ3v) is 3.08. The standard InChI is InChI=1S/C12H12N2O3S/c1-8(12(16)17)14-11(15)9-4-2-3-5-10(9)18-7-6-13/h2-5,8H,7H2,1H3,(H,14,15)(H,16,17)/t8-/m1/s1. The van der Waals surface area contributed by atoms with Crippen molar-refractivity contribution in [3.63, 3.8) is 0 Å². The Kier molecular flexibility index (Phi) is 5.21. The minimum atomic E-state index is -1.09. The number of carbonyl (C=O) groups excluding carboxylic acids is 1. The number of nitrogens with one attached hydrogen (secondary N) is 1. The van der Waals surface area contributed by atoms with Gasteiger partial charge in [-0.15, -0.1) is 11.8 Å². The molecule has 0 saturated carbocycles. The summed E-state index contributed by atoms with van der Waals surface area (Å²) in [5.41, 5.74) is 0.380. The lowest BCUT2D eigenvalue weighted by molar-refractivity contribution is -0.138. The van der Waals surface area contributed by atoms with Crippen molar-refractivity contribution in [2.75, 3.05) is 5.75 Å². The number of amides is 1. The van der Waals surface area contributed by atoms with E-state index in [9.17, 15) is 9.59 Å². The van der Waals surface area contributed by atoms with Gasteiger partial charge >= 0.3 is 5.97 Å². The second kappa shape index (κ2) is 6.67. The normalized spacial score (nSPS) is 11.3. The fourth-order valence-corrected chi connectivity index (χ4v) is 1.94. The highest BCUT2D eigenvalue weighted by molar-refractivity contribution is 7.99. The highest BCUT2D eigenvalue weighted by Gasteiger charge is 2.17. The molecule has 0 aliphatic rings. The predicted molar refractivity (Wildman–Crippen MR) is 67.3 cm³/mol. The van der Waals surface area contributed by atoms with Gasteiger partial charge < -0.3 is 10.4 Å². The van der Waals surface area contributed by atoms with Crippen LogP contribution < -0.4 is 5.32 Å². The van der Waals surface area contributed by atoms with E-state index in [-0.39, 0.29) is 5.75 Å². The van der Waals surface area contributed by atoms with Gasteiger partial charge in [-0.25, -0.2) is 0 Å². The summed E-state index contributed by atoms with van der Waals surface area (Å²) in [7, 11) is 0. The Balaban J connectivity index is 2.85. The molecule has 0 aromatic heterocycles. The predicted octanol–water partition coefficient (Wildman–Crippen LogP) is 1.51. The van der Waals surface area contributed by atoms with Gasteiger partial charge in [-0.1, -0.05) is 12.1 Å². The molecule has 0 fully saturated rings. The van der Waals surface area contributed by atoms with Gasteiger partial charge in [0.1, 0.15) is 6.04 Å². The Morgan fingerprint density at radius 2 is 2.17 bits per heavy atom. The van der Waals surface area contributed by atoms with Gasteiger partial charge in [-0.3, -0.25) is 9.59 Å². The summed E-state index contributed by atoms with van der Waals surface area (Å²) in [4.78, 5) is 23.2. The third-order valence-electron chi connectivity index (χ3n) is 2.14. The lowest BCUT2D eigenvalue weighted by Crippen LogP contribution is -2.38. The number of thioether (sulfide) groups is 1. The Labute approximate surface area is 109 Å². The molecule has 1 rings (SSSR count). The molecule has 0 saturated heterocycles. The second-order valence-corrected chi connectivity index (χ2v) is 4.49. The molecule has 1 aromatic carbocycles. The number of nitrogens with zero attached hydrogens (tertiary/aromatic N) is 1. The van der Waals surface area contributed by atoms with E-state index in [1.807, 2.05) is 6.07 Å². The highest BCUT2D eigenvalue weighted by Crippen LogP contribution is 2.22. The molecule has 2 N–H and O–H groups in total. The van der Waals surface area contributed by atoms with E-state index in [0.29, 0.717) is 10.5 Å². The minimum Gasteiger partial charge on any atom is -0.480 e. The Morgan fingerprint density at radius 1 is 1.50 bits per heavy atom. The average Bonchev–Trinajstić information content (AvgIpc) is 2.36. The van der Waals surface area contributed by atoms with E-state index >= 15 is 0 Å². The second-order valence-electron chi connectivity index (χ2n) is 3.48. The zero-order chi connectivity index (χ0) is 13.5. The summed E-state index contributed by atoms with van der Waals surface area (Å²) >= 11 is 1.24. The number of carboxylic acids is 1. The van der Waals surface area contributed by atoms with Crippen molar-refractivity contribution >= 4 is 23.6 Å². The summed E-state index contributed by atoms with van der Waals surface area (Å²) in [6.45, 7) is 1.39. The lowest BCUT2D eigenvalue weighted by Gasteiger charge is -2.11. The van der Waals surface area contributed by atoms with Crippen LogP contribution in [0.15, 0.2) is 29.2 Å². The third kappa shape index (κ3) is 3.79. The molecule has 6 heteroatoms. The van der Waals surface area contributed by atoms with Crippen molar-refractivity contribution in [1.82, 2.24) is 5.32 Å². The molecule has 1 aromatic rings. The van der Waals surface area contributed by atoms with Crippen LogP contribution in [0, 0.1) is 11.3 Å². The molecule has 0 heterocycles. The first-order chi connectivity index (χ1) is 8.56. The van der Waals surface area contributed by atoms with Crippen LogP contribution in [0.4, 0.5) is 0 Å². The van der Waals surface area contributed by atoms with Gasteiger partial charge in [0.05, 0.1) is 17.4 Å². The molecule has 0 aliphatic heterocycles. The number of carboxylic acid groups (broad SMARTS) is 1. The monoisotopic (exact) mass is 264 g/mol. The van der Waals surface area contributed by atoms with Crippen LogP contribution in [-0.2, 0) is 4.79 Å². The first-order valence-electron chi connectivity index (χ1n) is 5.18. The molecule has 1 atom stereocenters. The van der Waals surface area contributed by atoms with Crippen LogP contribution in [-0.4, -0.2) is 28.8 Å². The zero-order valence-electron chi connectivity index (χ0n) is 9.71. The highest BCUT2D eigenvalue weighted by atomic mass is 32.2. The number of benzene rings is 1. The molecule has 0 spiro atoms. The zero-order valence-corrected chi connectivity index (χ0v) is 10.5. The van der Waals surface area contributed by atoms with E-state index in [1.54, 1.807) is 24.3 Å². The number of carbonyl (C=O) groups is 2. The maximum absolute atomic E-state index is 11.9. The number of hydrogen-bond acceptors (Lipinski definition) is 4. The van der Waals surface area contributed by atoms with Crippen molar-refractivity contribution in [2.24, 2.45) is 0 Å². The first kappa shape index (κ1) is 14.1. The van der Waals surface area contributed by atoms with Crippen molar-refractivity contribution in [2.45, 2.75) is 17.9 Å². The van der Waals surface area contributed by atoms with Gasteiger partial charge in [0.25, 0.3) is 5.91 Å². The molecule has 0 bridgehead atoms. The maximum Gasteiger partial charge on any atom is 0.325 e. The summed E-state index contributed by atoms with van der Waals surface area (Å²) in [5.74, 6) is -1.31. The summed E-state index contributed by atoms with van der Waals surface area (Å²) in [5, 5.41) is 19.6. The molecule has 94 valence electrons. The lowest BCUT2D eigenvalue weighted by atomic mass is 10.2. The molecule has 18 heavy (non-hydrogen) atoms. The van der Waals surface area contributed by atoms with Gasteiger partial charge in [-0.2, -0.15) is 5.26 Å². The van der Waals surface area contributed by atoms with Gasteiger partial charge in [0.15, 0.2) is 0 Å². The average molecular weight is 264 g/mol. The van der Waals surface area contributed by atoms with Crippen LogP contribution in [0.25, 0.3) is 0 Å². The maximum atomic E-state index is 11.9.